The summed E-state index contributed by atoms with van der Waals surface area (Å²) < 4.78 is 0. The molecule has 0 aliphatic carbocycles. The van der Waals surface area contributed by atoms with Crippen LogP contribution in [0.5, 0.6) is 0 Å². The normalized spacial score (nSPS) is 17.9. The Hall–Kier alpha value is -1.05. The third kappa shape index (κ3) is 3.47. The van der Waals surface area contributed by atoms with E-state index in [-0.39, 0.29) is 6.04 Å². The molecule has 1 aromatic rings. The number of rotatable bonds is 2. The van der Waals surface area contributed by atoms with Crippen LogP contribution < -0.4 is 11.1 Å². The van der Waals surface area contributed by atoms with Gasteiger partial charge < -0.3 is 11.1 Å². The van der Waals surface area contributed by atoms with Crippen LogP contribution in [0.3, 0.4) is 0 Å². The predicted octanol–water partition coefficient (Wildman–Crippen LogP) is 1.25. The van der Waals surface area contributed by atoms with Gasteiger partial charge in [-0.1, -0.05) is 35.6 Å². The summed E-state index contributed by atoms with van der Waals surface area (Å²) in [4.78, 5) is 2.38. The Bertz CT molecular complexity index is 427. The van der Waals surface area contributed by atoms with Gasteiger partial charge in [-0.05, 0) is 17.7 Å². The zero-order valence-electron chi connectivity index (χ0n) is 10.3. The van der Waals surface area contributed by atoms with Crippen molar-refractivity contribution in [2.45, 2.75) is 6.04 Å². The summed E-state index contributed by atoms with van der Waals surface area (Å²) in [6, 6.07) is 8.03. The molecule has 1 saturated heterocycles. The van der Waals surface area contributed by atoms with Crippen molar-refractivity contribution in [1.82, 2.24) is 10.2 Å². The largest absolute Gasteiger partial charge is 0.320 e. The number of piperazine rings is 1. The van der Waals surface area contributed by atoms with Gasteiger partial charge in [0.1, 0.15) is 0 Å². The van der Waals surface area contributed by atoms with Crippen molar-refractivity contribution in [2.24, 2.45) is 5.73 Å². The van der Waals surface area contributed by atoms with Crippen LogP contribution in [0.4, 0.5) is 0 Å². The number of hydrogen-bond donors (Lipinski definition) is 2. The van der Waals surface area contributed by atoms with Gasteiger partial charge in [-0.2, -0.15) is 0 Å². The molecule has 18 heavy (non-hydrogen) atoms. The Morgan fingerprint density at radius 2 is 1.94 bits per heavy atom. The molecule has 1 unspecified atom stereocenters. The van der Waals surface area contributed by atoms with Gasteiger partial charge in [0, 0.05) is 31.2 Å². The molecule has 0 saturated carbocycles. The zero-order valence-corrected chi connectivity index (χ0v) is 11.1. The molecule has 0 spiro atoms. The van der Waals surface area contributed by atoms with Gasteiger partial charge in [-0.3, -0.25) is 4.90 Å². The second-order valence-electron chi connectivity index (χ2n) is 4.27. The fourth-order valence-electron chi connectivity index (χ4n) is 2.13. The Morgan fingerprint density at radius 1 is 1.28 bits per heavy atom. The quantitative estimate of drug-likeness (QED) is 0.789. The summed E-state index contributed by atoms with van der Waals surface area (Å²) >= 11 is 5.93. The molecule has 0 radical (unpaired) electrons. The van der Waals surface area contributed by atoms with Crippen LogP contribution in [0.2, 0.25) is 5.02 Å². The van der Waals surface area contributed by atoms with E-state index >= 15 is 0 Å². The summed E-state index contributed by atoms with van der Waals surface area (Å²) in [5.74, 6) is 6.25. The van der Waals surface area contributed by atoms with E-state index in [0.717, 1.165) is 31.2 Å². The maximum atomic E-state index is 5.93. The van der Waals surface area contributed by atoms with E-state index in [2.05, 4.69) is 22.1 Å². The van der Waals surface area contributed by atoms with E-state index < -0.39 is 0 Å². The lowest BCUT2D eigenvalue weighted by Gasteiger charge is -2.32. The van der Waals surface area contributed by atoms with Gasteiger partial charge in [0.2, 0.25) is 0 Å². The van der Waals surface area contributed by atoms with E-state index in [0.29, 0.717) is 6.54 Å². The lowest BCUT2D eigenvalue weighted by Crippen LogP contribution is -2.44. The minimum atomic E-state index is 0.118. The molecule has 0 bridgehead atoms. The van der Waals surface area contributed by atoms with E-state index in [1.807, 2.05) is 24.3 Å². The topological polar surface area (TPSA) is 41.3 Å². The standard InChI is InChI=1S/C14H18ClN3/c15-13-5-3-12(4-6-13)14(2-1-7-16)18-10-8-17-9-11-18/h3-6,14,17H,7-11,16H2. The van der Waals surface area contributed by atoms with Gasteiger partial charge in [0.15, 0.2) is 0 Å². The van der Waals surface area contributed by atoms with Crippen molar-refractivity contribution in [1.29, 1.82) is 0 Å². The van der Waals surface area contributed by atoms with Crippen LogP contribution >= 0.6 is 11.6 Å². The van der Waals surface area contributed by atoms with E-state index in [9.17, 15) is 0 Å². The van der Waals surface area contributed by atoms with Crippen LogP contribution in [0.1, 0.15) is 11.6 Å². The minimum Gasteiger partial charge on any atom is -0.320 e. The molecule has 3 N–H and O–H groups in total. The molecule has 1 aromatic carbocycles. The van der Waals surface area contributed by atoms with Gasteiger partial charge in [-0.15, -0.1) is 0 Å². The number of nitrogens with two attached hydrogens (primary N) is 1. The van der Waals surface area contributed by atoms with Crippen LogP contribution in [0.25, 0.3) is 0 Å². The van der Waals surface area contributed by atoms with Crippen LogP contribution in [-0.2, 0) is 0 Å². The fraction of sp³-hybridized carbons (Fsp3) is 0.429. The van der Waals surface area contributed by atoms with Crippen LogP contribution in [0, 0.1) is 11.8 Å². The first kappa shape index (κ1) is 13.4. The predicted molar refractivity (Wildman–Crippen MR) is 75.5 cm³/mol. The monoisotopic (exact) mass is 263 g/mol. The van der Waals surface area contributed by atoms with Gasteiger partial charge in [0.05, 0.1) is 12.6 Å². The maximum absolute atomic E-state index is 5.93. The summed E-state index contributed by atoms with van der Waals surface area (Å²) in [5, 5.41) is 4.10. The molecule has 1 aliphatic heterocycles. The molecule has 0 amide bonds. The van der Waals surface area contributed by atoms with E-state index in [1.54, 1.807) is 0 Å². The summed E-state index contributed by atoms with van der Waals surface area (Å²) in [5.41, 5.74) is 6.67. The number of hydrogen-bond acceptors (Lipinski definition) is 3. The van der Waals surface area contributed by atoms with Crippen LogP contribution in [0.15, 0.2) is 24.3 Å². The first-order valence-electron chi connectivity index (χ1n) is 6.20. The number of halogens is 1. The fourth-order valence-corrected chi connectivity index (χ4v) is 2.25. The molecule has 1 aliphatic rings. The first-order chi connectivity index (χ1) is 8.81. The van der Waals surface area contributed by atoms with Gasteiger partial charge in [0.25, 0.3) is 0 Å². The molecule has 4 heteroatoms. The van der Waals surface area contributed by atoms with Crippen molar-refractivity contribution < 1.29 is 0 Å². The summed E-state index contributed by atoms with van der Waals surface area (Å²) in [7, 11) is 0. The molecule has 1 atom stereocenters. The molecule has 1 fully saturated rings. The third-order valence-electron chi connectivity index (χ3n) is 3.04. The molecular weight excluding hydrogens is 246 g/mol. The van der Waals surface area contributed by atoms with Crippen LogP contribution in [-0.4, -0.2) is 37.6 Å². The lowest BCUT2D eigenvalue weighted by molar-refractivity contribution is 0.209. The van der Waals surface area contributed by atoms with Crippen molar-refractivity contribution in [3.63, 3.8) is 0 Å². The minimum absolute atomic E-state index is 0.118. The van der Waals surface area contributed by atoms with Gasteiger partial charge >= 0.3 is 0 Å². The summed E-state index contributed by atoms with van der Waals surface area (Å²) in [6.45, 7) is 4.43. The highest BCUT2D eigenvalue weighted by molar-refractivity contribution is 6.30. The van der Waals surface area contributed by atoms with Crippen molar-refractivity contribution in [2.75, 3.05) is 32.7 Å². The smallest absolute Gasteiger partial charge is 0.0972 e. The molecule has 2 rings (SSSR count). The average Bonchev–Trinajstić information content (AvgIpc) is 2.42. The first-order valence-corrected chi connectivity index (χ1v) is 6.58. The highest BCUT2D eigenvalue weighted by Crippen LogP contribution is 2.22. The average molecular weight is 264 g/mol. The Labute approximate surface area is 113 Å². The molecular formula is C14H18ClN3. The van der Waals surface area contributed by atoms with E-state index in [1.165, 1.54) is 5.56 Å². The Kier molecular flexibility index (Phi) is 5.03. The van der Waals surface area contributed by atoms with Crippen molar-refractivity contribution in [3.05, 3.63) is 34.9 Å². The second-order valence-corrected chi connectivity index (χ2v) is 4.70. The number of nitrogens with zero attached hydrogens (tertiary/aromatic N) is 1. The van der Waals surface area contributed by atoms with Crippen molar-refractivity contribution in [3.8, 4) is 11.8 Å². The zero-order chi connectivity index (χ0) is 12.8. The lowest BCUT2D eigenvalue weighted by atomic mass is 10.0. The SMILES string of the molecule is NCC#CC(c1ccc(Cl)cc1)N1CCNCC1. The Balaban J connectivity index is 2.20. The molecule has 0 aromatic heterocycles. The highest BCUT2D eigenvalue weighted by atomic mass is 35.5. The summed E-state index contributed by atoms with van der Waals surface area (Å²) in [6.07, 6.45) is 0. The van der Waals surface area contributed by atoms with Gasteiger partial charge in [-0.25, -0.2) is 0 Å². The number of nitrogens with one attached hydrogen (secondary N) is 1. The molecule has 3 nitrogen and oxygen atoms in total. The molecule has 96 valence electrons. The highest BCUT2D eigenvalue weighted by Gasteiger charge is 2.20. The second kappa shape index (κ2) is 6.77. The molecule has 1 heterocycles. The number of benzene rings is 1. The Morgan fingerprint density at radius 3 is 2.56 bits per heavy atom. The van der Waals surface area contributed by atoms with Crippen molar-refractivity contribution >= 4 is 11.6 Å². The third-order valence-corrected chi connectivity index (χ3v) is 3.30. The van der Waals surface area contributed by atoms with E-state index in [4.69, 9.17) is 17.3 Å². The maximum Gasteiger partial charge on any atom is 0.0972 e.